The molecule has 0 amide bonds. The number of nitrogens with one attached hydrogen (secondary N) is 1. The third kappa shape index (κ3) is 4.47. The van der Waals surface area contributed by atoms with Gasteiger partial charge in [-0.3, -0.25) is 0 Å². The van der Waals surface area contributed by atoms with Crippen LogP contribution in [0.15, 0.2) is 23.1 Å². The van der Waals surface area contributed by atoms with Crippen molar-refractivity contribution >= 4 is 15.7 Å². The second kappa shape index (κ2) is 6.11. The molecule has 0 radical (unpaired) electrons. The first-order chi connectivity index (χ1) is 9.05. The SMILES string of the molecule is Cc1c(N)cccc1S(=O)(=O)NCC(C)(O)CC(C)C. The predicted molar refractivity (Wildman–Crippen MR) is 80.9 cm³/mol. The Balaban J connectivity index is 2.89. The first kappa shape index (κ1) is 16.9. The highest BCUT2D eigenvalue weighted by molar-refractivity contribution is 7.89. The summed E-state index contributed by atoms with van der Waals surface area (Å²) in [7, 11) is -3.67. The third-order valence-corrected chi connectivity index (χ3v) is 4.65. The molecule has 0 bridgehead atoms. The fourth-order valence-electron chi connectivity index (χ4n) is 2.20. The van der Waals surface area contributed by atoms with Gasteiger partial charge in [0.05, 0.1) is 10.5 Å². The number of benzene rings is 1. The van der Waals surface area contributed by atoms with E-state index in [1.807, 2.05) is 13.8 Å². The molecule has 0 aliphatic rings. The fourth-order valence-corrected chi connectivity index (χ4v) is 3.64. The van der Waals surface area contributed by atoms with Crippen LogP contribution >= 0.6 is 0 Å². The Morgan fingerprint density at radius 1 is 1.40 bits per heavy atom. The summed E-state index contributed by atoms with van der Waals surface area (Å²) in [6, 6.07) is 4.76. The maximum Gasteiger partial charge on any atom is 0.241 e. The summed E-state index contributed by atoms with van der Waals surface area (Å²) in [5.41, 5.74) is 5.60. The van der Waals surface area contributed by atoms with Crippen LogP contribution in [0.1, 0.15) is 32.8 Å². The fraction of sp³-hybridized carbons (Fsp3) is 0.571. The van der Waals surface area contributed by atoms with Crippen molar-refractivity contribution in [1.82, 2.24) is 4.72 Å². The van der Waals surface area contributed by atoms with Gasteiger partial charge in [0, 0.05) is 12.2 Å². The van der Waals surface area contributed by atoms with Gasteiger partial charge in [0.1, 0.15) is 0 Å². The lowest BCUT2D eigenvalue weighted by molar-refractivity contribution is 0.0436. The molecule has 20 heavy (non-hydrogen) atoms. The summed E-state index contributed by atoms with van der Waals surface area (Å²) in [6.07, 6.45) is 0.519. The minimum Gasteiger partial charge on any atom is -0.398 e. The van der Waals surface area contributed by atoms with Gasteiger partial charge in [-0.05, 0) is 43.9 Å². The Hall–Kier alpha value is -1.11. The molecule has 1 atom stereocenters. The van der Waals surface area contributed by atoms with Crippen LogP contribution < -0.4 is 10.5 Å². The van der Waals surface area contributed by atoms with Gasteiger partial charge in [-0.15, -0.1) is 0 Å². The zero-order valence-electron chi connectivity index (χ0n) is 12.5. The molecule has 114 valence electrons. The number of nitrogen functional groups attached to an aromatic ring is 1. The van der Waals surface area contributed by atoms with Gasteiger partial charge < -0.3 is 10.8 Å². The summed E-state index contributed by atoms with van der Waals surface area (Å²) in [6.45, 7) is 7.22. The van der Waals surface area contributed by atoms with Crippen LogP contribution in [0, 0.1) is 12.8 Å². The Morgan fingerprint density at radius 3 is 2.55 bits per heavy atom. The van der Waals surface area contributed by atoms with Crippen LogP contribution in [-0.2, 0) is 10.0 Å². The van der Waals surface area contributed by atoms with Gasteiger partial charge >= 0.3 is 0 Å². The number of sulfonamides is 1. The average molecular weight is 300 g/mol. The standard InChI is InChI=1S/C14H24N2O3S/c1-10(2)8-14(4,17)9-16-20(18,19)13-7-5-6-12(15)11(13)3/h5-7,10,16-17H,8-9,15H2,1-4H3. The van der Waals surface area contributed by atoms with Crippen molar-refractivity contribution in [2.75, 3.05) is 12.3 Å². The third-order valence-electron chi connectivity index (χ3n) is 3.11. The Kier molecular flexibility index (Phi) is 5.18. The Bertz CT molecular complexity index is 566. The van der Waals surface area contributed by atoms with Crippen LogP contribution in [0.4, 0.5) is 5.69 Å². The lowest BCUT2D eigenvalue weighted by Crippen LogP contribution is -2.41. The van der Waals surface area contributed by atoms with Crippen molar-refractivity contribution in [3.8, 4) is 0 Å². The van der Waals surface area contributed by atoms with Gasteiger partial charge in [0.15, 0.2) is 0 Å². The monoisotopic (exact) mass is 300 g/mol. The van der Waals surface area contributed by atoms with Crippen molar-refractivity contribution in [3.05, 3.63) is 23.8 Å². The summed E-state index contributed by atoms with van der Waals surface area (Å²) < 4.78 is 27.0. The first-order valence-electron chi connectivity index (χ1n) is 6.62. The average Bonchev–Trinajstić information content (AvgIpc) is 2.29. The summed E-state index contributed by atoms with van der Waals surface area (Å²) in [5.74, 6) is 0.281. The molecule has 0 aromatic heterocycles. The van der Waals surface area contributed by atoms with Gasteiger partial charge in [0.25, 0.3) is 0 Å². The highest BCUT2D eigenvalue weighted by Gasteiger charge is 2.26. The Labute approximate surface area is 121 Å². The van der Waals surface area contributed by atoms with Gasteiger partial charge in [-0.2, -0.15) is 0 Å². The van der Waals surface area contributed by atoms with Crippen LogP contribution in [0.25, 0.3) is 0 Å². The maximum absolute atomic E-state index is 12.3. The van der Waals surface area contributed by atoms with Crippen molar-refractivity contribution in [3.63, 3.8) is 0 Å². The van der Waals surface area contributed by atoms with E-state index in [0.717, 1.165) is 0 Å². The van der Waals surface area contributed by atoms with Gasteiger partial charge in [-0.25, -0.2) is 13.1 Å². The maximum atomic E-state index is 12.3. The van der Waals surface area contributed by atoms with E-state index in [1.165, 1.54) is 6.07 Å². The van der Waals surface area contributed by atoms with E-state index in [-0.39, 0.29) is 17.4 Å². The number of anilines is 1. The normalized spacial score (nSPS) is 15.3. The molecule has 6 heteroatoms. The number of hydrogen-bond donors (Lipinski definition) is 3. The van der Waals surface area contributed by atoms with E-state index in [2.05, 4.69) is 4.72 Å². The van der Waals surface area contributed by atoms with E-state index in [0.29, 0.717) is 17.7 Å². The van der Waals surface area contributed by atoms with E-state index >= 15 is 0 Å². The first-order valence-corrected chi connectivity index (χ1v) is 8.10. The smallest absolute Gasteiger partial charge is 0.241 e. The quantitative estimate of drug-likeness (QED) is 0.697. The van der Waals surface area contributed by atoms with Crippen LogP contribution in [0.3, 0.4) is 0 Å². The second-order valence-electron chi connectivity index (χ2n) is 5.89. The number of nitrogens with two attached hydrogens (primary N) is 1. The number of hydrogen-bond acceptors (Lipinski definition) is 4. The minimum absolute atomic E-state index is 0.0260. The molecule has 0 saturated carbocycles. The molecule has 0 fully saturated rings. The Morgan fingerprint density at radius 2 is 2.00 bits per heavy atom. The highest BCUT2D eigenvalue weighted by atomic mass is 32.2. The molecule has 0 heterocycles. The van der Waals surface area contributed by atoms with Crippen molar-refractivity contribution in [2.45, 2.75) is 44.6 Å². The largest absolute Gasteiger partial charge is 0.398 e. The summed E-state index contributed by atoms with van der Waals surface area (Å²) in [4.78, 5) is 0.151. The summed E-state index contributed by atoms with van der Waals surface area (Å²) >= 11 is 0. The minimum atomic E-state index is -3.67. The van der Waals surface area contributed by atoms with E-state index in [4.69, 9.17) is 5.73 Å². The molecule has 1 aromatic rings. The molecular formula is C14H24N2O3S. The number of rotatable bonds is 6. The lowest BCUT2D eigenvalue weighted by atomic mass is 9.95. The molecule has 0 aliphatic carbocycles. The molecule has 1 unspecified atom stereocenters. The molecule has 5 nitrogen and oxygen atoms in total. The molecule has 0 spiro atoms. The van der Waals surface area contributed by atoms with E-state index < -0.39 is 15.6 Å². The topological polar surface area (TPSA) is 92.4 Å². The molecule has 0 saturated heterocycles. The van der Waals surface area contributed by atoms with Crippen molar-refractivity contribution in [1.29, 1.82) is 0 Å². The predicted octanol–water partition coefficient (Wildman–Crippen LogP) is 1.65. The van der Waals surface area contributed by atoms with E-state index in [9.17, 15) is 13.5 Å². The number of aliphatic hydroxyl groups is 1. The second-order valence-corrected chi connectivity index (χ2v) is 7.63. The van der Waals surface area contributed by atoms with Gasteiger partial charge in [-0.1, -0.05) is 19.9 Å². The molecular weight excluding hydrogens is 276 g/mol. The van der Waals surface area contributed by atoms with Crippen molar-refractivity contribution < 1.29 is 13.5 Å². The zero-order chi connectivity index (χ0) is 15.6. The molecule has 0 aliphatic heterocycles. The zero-order valence-corrected chi connectivity index (χ0v) is 13.3. The van der Waals surface area contributed by atoms with Crippen molar-refractivity contribution in [2.24, 2.45) is 5.92 Å². The molecule has 4 N–H and O–H groups in total. The highest BCUT2D eigenvalue weighted by Crippen LogP contribution is 2.21. The van der Waals surface area contributed by atoms with Gasteiger partial charge in [0.2, 0.25) is 10.0 Å². The van der Waals surface area contributed by atoms with Crippen LogP contribution in [-0.4, -0.2) is 25.7 Å². The van der Waals surface area contributed by atoms with E-state index in [1.54, 1.807) is 26.0 Å². The summed E-state index contributed by atoms with van der Waals surface area (Å²) in [5, 5.41) is 10.2. The van der Waals surface area contributed by atoms with Crippen LogP contribution in [0.5, 0.6) is 0 Å². The lowest BCUT2D eigenvalue weighted by Gasteiger charge is -2.25. The molecule has 1 rings (SSSR count). The van der Waals surface area contributed by atoms with Crippen LogP contribution in [0.2, 0.25) is 0 Å². The molecule has 1 aromatic carbocycles.